The van der Waals surface area contributed by atoms with Gasteiger partial charge < -0.3 is 9.15 Å². The molecule has 0 unspecified atom stereocenters. The number of ether oxygens (including phenoxy) is 1. The zero-order valence-corrected chi connectivity index (χ0v) is 17.7. The van der Waals surface area contributed by atoms with Gasteiger partial charge in [-0.3, -0.25) is 4.79 Å². The number of carbonyl (C=O) groups excluding carboxylic acids is 1. The van der Waals surface area contributed by atoms with Crippen LogP contribution < -0.4 is 10.4 Å². The molecule has 4 aromatic carbocycles. The van der Waals surface area contributed by atoms with E-state index in [1.807, 2.05) is 78.9 Å². The molecule has 0 aliphatic heterocycles. The van der Waals surface area contributed by atoms with Crippen LogP contribution in [-0.4, -0.2) is 12.4 Å². The lowest BCUT2D eigenvalue weighted by molar-refractivity contribution is 0.0921. The summed E-state index contributed by atoms with van der Waals surface area (Å²) < 4.78 is 11.1. The van der Waals surface area contributed by atoms with E-state index in [0.717, 1.165) is 27.6 Å². The van der Waals surface area contributed by atoms with Gasteiger partial charge in [-0.05, 0) is 34.4 Å². The highest BCUT2D eigenvalue weighted by atomic mass is 16.5. The number of benzene rings is 4. The number of hydrogen-bond donors (Lipinski definition) is 0. The van der Waals surface area contributed by atoms with Gasteiger partial charge in [-0.1, -0.05) is 84.9 Å². The Hall–Kier alpha value is -4.44. The lowest BCUT2D eigenvalue weighted by atomic mass is 10.0. The normalized spacial score (nSPS) is 10.8. The summed E-state index contributed by atoms with van der Waals surface area (Å²) in [5.41, 5.74) is 4.42. The van der Waals surface area contributed by atoms with Crippen LogP contribution in [0.2, 0.25) is 0 Å². The molecule has 1 heterocycles. The molecule has 0 atom stereocenters. The van der Waals surface area contributed by atoms with Crippen LogP contribution in [0.3, 0.4) is 0 Å². The van der Waals surface area contributed by atoms with Crippen molar-refractivity contribution in [3.63, 3.8) is 0 Å². The monoisotopic (exact) mass is 432 g/mol. The van der Waals surface area contributed by atoms with Crippen molar-refractivity contribution in [2.24, 2.45) is 0 Å². The van der Waals surface area contributed by atoms with Crippen molar-refractivity contribution in [3.8, 4) is 28.0 Å². The summed E-state index contributed by atoms with van der Waals surface area (Å²) in [7, 11) is 0. The first-order valence-electron chi connectivity index (χ1n) is 10.6. The average Bonchev–Trinajstić information content (AvgIpc) is 2.87. The molecule has 0 aliphatic rings. The summed E-state index contributed by atoms with van der Waals surface area (Å²) >= 11 is 0. The van der Waals surface area contributed by atoms with Crippen LogP contribution in [0.1, 0.15) is 10.4 Å². The van der Waals surface area contributed by atoms with E-state index in [1.165, 1.54) is 6.07 Å². The van der Waals surface area contributed by atoms with Gasteiger partial charge in [0.1, 0.15) is 11.3 Å². The van der Waals surface area contributed by atoms with Gasteiger partial charge in [0, 0.05) is 23.1 Å². The number of carbonyl (C=O) groups is 1. The minimum absolute atomic E-state index is 0.112. The van der Waals surface area contributed by atoms with Gasteiger partial charge in [-0.15, -0.1) is 0 Å². The average molecular weight is 432 g/mol. The highest BCUT2D eigenvalue weighted by Gasteiger charge is 2.11. The minimum Gasteiger partial charge on any atom is -0.485 e. The fraction of sp³-hybridized carbons (Fsp3) is 0.0345. The lowest BCUT2D eigenvalue weighted by Crippen LogP contribution is -2.11. The molecule has 4 heteroatoms. The summed E-state index contributed by atoms with van der Waals surface area (Å²) in [6.07, 6.45) is 0. The Morgan fingerprint density at radius 3 is 2.03 bits per heavy atom. The van der Waals surface area contributed by atoms with Crippen molar-refractivity contribution in [3.05, 3.63) is 125 Å². The number of rotatable bonds is 6. The molecule has 0 aliphatic carbocycles. The number of hydrogen-bond acceptors (Lipinski definition) is 4. The summed E-state index contributed by atoms with van der Waals surface area (Å²) in [5, 5.41) is 0.802. The Labute approximate surface area is 190 Å². The van der Waals surface area contributed by atoms with Gasteiger partial charge in [0.15, 0.2) is 12.4 Å². The van der Waals surface area contributed by atoms with Crippen molar-refractivity contribution in [2.45, 2.75) is 0 Å². The molecule has 5 rings (SSSR count). The first-order valence-corrected chi connectivity index (χ1v) is 10.6. The molecule has 5 aromatic rings. The summed E-state index contributed by atoms with van der Waals surface area (Å²) in [6, 6.07) is 33.9. The summed E-state index contributed by atoms with van der Waals surface area (Å²) in [5.74, 6) is 0.333. The maximum Gasteiger partial charge on any atom is 0.336 e. The smallest absolute Gasteiger partial charge is 0.336 e. The van der Waals surface area contributed by atoms with Crippen LogP contribution in [0.5, 0.6) is 5.75 Å². The van der Waals surface area contributed by atoms with Gasteiger partial charge in [0.25, 0.3) is 0 Å². The number of fused-ring (bicyclic) bond motifs is 1. The van der Waals surface area contributed by atoms with Crippen LogP contribution in [0.4, 0.5) is 0 Å². The third-order valence-electron chi connectivity index (χ3n) is 5.48. The standard InChI is InChI=1S/C29H20O4/c30-27(23-13-11-21(12-14-23)20-7-3-1-4-8-20)19-32-24-15-16-25-26(22-9-5-2-6-10-22)18-29(31)33-28(25)17-24/h1-18H,19H2. The van der Waals surface area contributed by atoms with E-state index >= 15 is 0 Å². The molecule has 0 amide bonds. The Bertz CT molecular complexity index is 1470. The van der Waals surface area contributed by atoms with Crippen LogP contribution in [0.15, 0.2) is 118 Å². The van der Waals surface area contributed by atoms with E-state index in [0.29, 0.717) is 16.9 Å². The predicted octanol–water partition coefficient (Wildman–Crippen LogP) is 6.39. The molecule has 1 aromatic heterocycles. The largest absolute Gasteiger partial charge is 0.485 e. The highest BCUT2D eigenvalue weighted by molar-refractivity contribution is 5.98. The van der Waals surface area contributed by atoms with Crippen molar-refractivity contribution in [2.75, 3.05) is 6.61 Å². The van der Waals surface area contributed by atoms with E-state index < -0.39 is 5.63 Å². The molecule has 0 fully saturated rings. The van der Waals surface area contributed by atoms with E-state index in [-0.39, 0.29) is 12.4 Å². The fourth-order valence-corrected chi connectivity index (χ4v) is 3.80. The molecule has 0 saturated heterocycles. The second-order valence-electron chi connectivity index (χ2n) is 7.66. The molecule has 0 bridgehead atoms. The van der Waals surface area contributed by atoms with Crippen LogP contribution in [0.25, 0.3) is 33.2 Å². The van der Waals surface area contributed by atoms with Gasteiger partial charge in [-0.2, -0.15) is 0 Å². The highest BCUT2D eigenvalue weighted by Crippen LogP contribution is 2.29. The van der Waals surface area contributed by atoms with Crippen molar-refractivity contribution in [1.82, 2.24) is 0 Å². The van der Waals surface area contributed by atoms with Crippen LogP contribution >= 0.6 is 0 Å². The van der Waals surface area contributed by atoms with Crippen LogP contribution in [0, 0.1) is 0 Å². The molecule has 160 valence electrons. The second kappa shape index (κ2) is 8.97. The van der Waals surface area contributed by atoms with E-state index in [1.54, 1.807) is 24.3 Å². The second-order valence-corrected chi connectivity index (χ2v) is 7.66. The first-order chi connectivity index (χ1) is 16.2. The first kappa shape index (κ1) is 20.5. The fourth-order valence-electron chi connectivity index (χ4n) is 3.80. The van der Waals surface area contributed by atoms with Gasteiger partial charge >= 0.3 is 5.63 Å². The molecule has 0 spiro atoms. The molecule has 4 nitrogen and oxygen atoms in total. The molecular formula is C29H20O4. The van der Waals surface area contributed by atoms with Crippen LogP contribution in [-0.2, 0) is 0 Å². The third kappa shape index (κ3) is 4.46. The maximum atomic E-state index is 12.6. The van der Waals surface area contributed by atoms with E-state index in [4.69, 9.17) is 9.15 Å². The zero-order chi connectivity index (χ0) is 22.6. The van der Waals surface area contributed by atoms with Gasteiger partial charge in [-0.25, -0.2) is 4.79 Å². The third-order valence-corrected chi connectivity index (χ3v) is 5.48. The Balaban J connectivity index is 1.33. The van der Waals surface area contributed by atoms with Gasteiger partial charge in [0.2, 0.25) is 0 Å². The summed E-state index contributed by atoms with van der Waals surface area (Å²) in [4.78, 5) is 24.7. The van der Waals surface area contributed by atoms with Crippen molar-refractivity contribution in [1.29, 1.82) is 0 Å². The minimum atomic E-state index is -0.437. The quantitative estimate of drug-likeness (QED) is 0.230. The molecule has 0 N–H and O–H groups in total. The molecule has 0 saturated carbocycles. The molecule has 33 heavy (non-hydrogen) atoms. The maximum absolute atomic E-state index is 12.6. The van der Waals surface area contributed by atoms with Crippen molar-refractivity contribution >= 4 is 16.8 Å². The predicted molar refractivity (Wildman–Crippen MR) is 130 cm³/mol. The SMILES string of the molecule is O=C(COc1ccc2c(-c3ccccc3)cc(=O)oc2c1)c1ccc(-c2ccccc2)cc1. The zero-order valence-electron chi connectivity index (χ0n) is 17.7. The number of ketones is 1. The van der Waals surface area contributed by atoms with Crippen molar-refractivity contribution < 1.29 is 13.9 Å². The van der Waals surface area contributed by atoms with E-state index in [2.05, 4.69) is 0 Å². The Morgan fingerprint density at radius 1 is 0.697 bits per heavy atom. The van der Waals surface area contributed by atoms with Gasteiger partial charge in [0.05, 0.1) is 0 Å². The topological polar surface area (TPSA) is 56.5 Å². The van der Waals surface area contributed by atoms with E-state index in [9.17, 15) is 9.59 Å². The molecule has 0 radical (unpaired) electrons. The Kier molecular flexibility index (Phi) is 5.56. The Morgan fingerprint density at radius 2 is 1.33 bits per heavy atom. The lowest BCUT2D eigenvalue weighted by Gasteiger charge is -2.09. The molecular weight excluding hydrogens is 412 g/mol. The number of Topliss-reactive ketones (excluding diaryl/α,β-unsaturated/α-hetero) is 1. The summed E-state index contributed by atoms with van der Waals surface area (Å²) in [6.45, 7) is -0.112.